The fraction of sp³-hybridized carbons (Fsp3) is 0.684. The van der Waals surface area contributed by atoms with E-state index in [1.54, 1.807) is 0 Å². The molecule has 5 rings (SSSR count). The van der Waals surface area contributed by atoms with Crippen molar-refractivity contribution in [1.82, 2.24) is 5.32 Å². The molecule has 1 heterocycles. The highest BCUT2D eigenvalue weighted by molar-refractivity contribution is 5.76. The minimum Gasteiger partial charge on any atom is -0.350 e. The molecule has 4 aliphatic rings. The summed E-state index contributed by atoms with van der Waals surface area (Å²) in [7, 11) is 0. The topological polar surface area (TPSA) is 33.0 Å². The molecule has 118 valence electrons. The monoisotopic (exact) mass is 299 g/mol. The lowest BCUT2D eigenvalue weighted by Crippen LogP contribution is -2.60. The van der Waals surface area contributed by atoms with E-state index >= 15 is 0 Å². The standard InChI is InChI=1S/C19H26N2O/c1-14-2-5-21(6-3-14)7-4-18(22)20-19-11-15-8-16(12-19)10-17(9-15)13-19/h2-3,5-6,15-17H,4,7-13H2,1H3/p+1. The van der Waals surface area contributed by atoms with Gasteiger partial charge in [0.25, 0.3) is 0 Å². The number of carbonyl (C=O) groups excluding carboxylic acids is 1. The van der Waals surface area contributed by atoms with E-state index in [0.717, 1.165) is 24.3 Å². The summed E-state index contributed by atoms with van der Waals surface area (Å²) in [4.78, 5) is 12.4. The van der Waals surface area contributed by atoms with Crippen LogP contribution < -0.4 is 9.88 Å². The first-order valence-electron chi connectivity index (χ1n) is 8.87. The van der Waals surface area contributed by atoms with Crippen LogP contribution in [0.5, 0.6) is 0 Å². The normalized spacial score (nSPS) is 35.6. The van der Waals surface area contributed by atoms with Crippen LogP contribution in [0, 0.1) is 24.7 Å². The highest BCUT2D eigenvalue weighted by atomic mass is 16.1. The van der Waals surface area contributed by atoms with E-state index in [1.165, 1.54) is 44.1 Å². The Bertz CT molecular complexity index is 528. The predicted octanol–water partition coefficient (Wildman–Crippen LogP) is 2.76. The molecule has 4 aliphatic carbocycles. The van der Waals surface area contributed by atoms with Crippen molar-refractivity contribution in [3.8, 4) is 0 Å². The molecule has 22 heavy (non-hydrogen) atoms. The molecule has 0 unspecified atom stereocenters. The smallest absolute Gasteiger partial charge is 0.226 e. The molecule has 3 heteroatoms. The number of carbonyl (C=O) groups is 1. The Kier molecular flexibility index (Phi) is 3.47. The first-order valence-corrected chi connectivity index (χ1v) is 8.87. The van der Waals surface area contributed by atoms with E-state index in [2.05, 4.69) is 41.3 Å². The second kappa shape index (κ2) is 5.36. The number of rotatable bonds is 4. The average Bonchev–Trinajstić information content (AvgIpc) is 2.44. The molecule has 4 fully saturated rings. The summed E-state index contributed by atoms with van der Waals surface area (Å²) in [5.41, 5.74) is 1.42. The molecule has 0 atom stereocenters. The van der Waals surface area contributed by atoms with Crippen molar-refractivity contribution in [2.24, 2.45) is 17.8 Å². The third-order valence-corrected chi connectivity index (χ3v) is 6.10. The number of hydrogen-bond acceptors (Lipinski definition) is 1. The fourth-order valence-corrected chi connectivity index (χ4v) is 5.53. The van der Waals surface area contributed by atoms with Gasteiger partial charge in [0, 0.05) is 17.7 Å². The molecule has 4 saturated carbocycles. The van der Waals surface area contributed by atoms with Crippen molar-refractivity contribution in [2.75, 3.05) is 0 Å². The Morgan fingerprint density at radius 2 is 1.68 bits per heavy atom. The van der Waals surface area contributed by atoms with Crippen LogP contribution in [0.1, 0.15) is 50.5 Å². The SMILES string of the molecule is Cc1cc[n+](CCC(=O)NC23CC4CC(CC(C4)C2)C3)cc1. The molecule has 0 spiro atoms. The van der Waals surface area contributed by atoms with Gasteiger partial charge in [0.1, 0.15) is 0 Å². The van der Waals surface area contributed by atoms with Gasteiger partial charge in [0.2, 0.25) is 5.91 Å². The van der Waals surface area contributed by atoms with Gasteiger partial charge in [-0.15, -0.1) is 0 Å². The number of nitrogens with one attached hydrogen (secondary N) is 1. The highest BCUT2D eigenvalue weighted by Crippen LogP contribution is 2.55. The Labute approximate surface area is 133 Å². The van der Waals surface area contributed by atoms with Gasteiger partial charge < -0.3 is 5.32 Å². The average molecular weight is 299 g/mol. The van der Waals surface area contributed by atoms with Crippen molar-refractivity contribution in [3.05, 3.63) is 30.1 Å². The van der Waals surface area contributed by atoms with Gasteiger partial charge in [-0.3, -0.25) is 4.79 Å². The van der Waals surface area contributed by atoms with Crippen LogP contribution in [0.3, 0.4) is 0 Å². The lowest BCUT2D eigenvalue weighted by molar-refractivity contribution is -0.695. The van der Waals surface area contributed by atoms with Crippen LogP contribution in [0.2, 0.25) is 0 Å². The molecule has 4 bridgehead atoms. The number of hydrogen-bond donors (Lipinski definition) is 1. The number of nitrogens with zero attached hydrogens (tertiary/aromatic N) is 1. The van der Waals surface area contributed by atoms with Crippen molar-refractivity contribution in [1.29, 1.82) is 0 Å². The zero-order chi connectivity index (χ0) is 15.2. The van der Waals surface area contributed by atoms with Crippen LogP contribution >= 0.6 is 0 Å². The highest BCUT2D eigenvalue weighted by Gasteiger charge is 2.51. The summed E-state index contributed by atoms with van der Waals surface area (Å²) >= 11 is 0. The van der Waals surface area contributed by atoms with Crippen molar-refractivity contribution in [2.45, 2.75) is 64.0 Å². The van der Waals surface area contributed by atoms with Gasteiger partial charge in [-0.05, 0) is 68.8 Å². The van der Waals surface area contributed by atoms with E-state index in [4.69, 9.17) is 0 Å². The molecule has 0 aliphatic heterocycles. The Balaban J connectivity index is 1.35. The second-order valence-corrected chi connectivity index (χ2v) is 8.11. The number of aryl methyl sites for hydroxylation is 2. The maximum Gasteiger partial charge on any atom is 0.226 e. The molecule has 0 saturated heterocycles. The maximum atomic E-state index is 12.4. The number of aromatic nitrogens is 1. The molecule has 1 aromatic rings. The Hall–Kier alpha value is -1.38. The van der Waals surface area contributed by atoms with Crippen LogP contribution in [-0.2, 0) is 11.3 Å². The van der Waals surface area contributed by atoms with Gasteiger partial charge in [0.15, 0.2) is 18.9 Å². The molecule has 0 radical (unpaired) electrons. The van der Waals surface area contributed by atoms with Gasteiger partial charge in [-0.25, -0.2) is 4.57 Å². The lowest BCUT2D eigenvalue weighted by atomic mass is 9.53. The summed E-state index contributed by atoms with van der Waals surface area (Å²) in [6.07, 6.45) is 12.7. The summed E-state index contributed by atoms with van der Waals surface area (Å²) in [5, 5.41) is 3.45. The molecular formula is C19H27N2O+. The zero-order valence-electron chi connectivity index (χ0n) is 13.6. The molecule has 1 amide bonds. The lowest BCUT2D eigenvalue weighted by Gasteiger charge is -2.56. The van der Waals surface area contributed by atoms with Crippen LogP contribution in [-0.4, -0.2) is 11.4 Å². The third-order valence-electron chi connectivity index (χ3n) is 6.10. The zero-order valence-corrected chi connectivity index (χ0v) is 13.6. The Morgan fingerprint density at radius 1 is 1.14 bits per heavy atom. The summed E-state index contributed by atoms with van der Waals surface area (Å²) in [6, 6.07) is 4.19. The predicted molar refractivity (Wildman–Crippen MR) is 85.0 cm³/mol. The van der Waals surface area contributed by atoms with Gasteiger partial charge in [-0.2, -0.15) is 0 Å². The fourth-order valence-electron chi connectivity index (χ4n) is 5.53. The first kappa shape index (κ1) is 14.2. The van der Waals surface area contributed by atoms with E-state index in [9.17, 15) is 4.79 Å². The second-order valence-electron chi connectivity index (χ2n) is 8.11. The number of amides is 1. The molecule has 1 N–H and O–H groups in total. The first-order chi connectivity index (χ1) is 10.6. The van der Waals surface area contributed by atoms with Crippen molar-refractivity contribution < 1.29 is 9.36 Å². The van der Waals surface area contributed by atoms with E-state index in [-0.39, 0.29) is 11.4 Å². The molecule has 0 aromatic carbocycles. The number of pyridine rings is 1. The van der Waals surface area contributed by atoms with Gasteiger partial charge >= 0.3 is 0 Å². The van der Waals surface area contributed by atoms with Gasteiger partial charge in [-0.1, -0.05) is 0 Å². The molecule has 1 aromatic heterocycles. The summed E-state index contributed by atoms with van der Waals surface area (Å²) in [5.74, 6) is 2.91. The van der Waals surface area contributed by atoms with Crippen molar-refractivity contribution in [3.63, 3.8) is 0 Å². The quantitative estimate of drug-likeness (QED) is 0.852. The van der Waals surface area contributed by atoms with E-state index in [0.29, 0.717) is 6.42 Å². The summed E-state index contributed by atoms with van der Waals surface area (Å²) in [6.45, 7) is 2.86. The maximum absolute atomic E-state index is 12.4. The van der Waals surface area contributed by atoms with E-state index < -0.39 is 0 Å². The van der Waals surface area contributed by atoms with Gasteiger partial charge in [0.05, 0.1) is 6.42 Å². The van der Waals surface area contributed by atoms with Crippen LogP contribution in [0.15, 0.2) is 24.5 Å². The minimum atomic E-state index is 0.157. The van der Waals surface area contributed by atoms with Crippen molar-refractivity contribution >= 4 is 5.91 Å². The molecule has 3 nitrogen and oxygen atoms in total. The molecular weight excluding hydrogens is 272 g/mol. The largest absolute Gasteiger partial charge is 0.350 e. The Morgan fingerprint density at radius 3 is 2.23 bits per heavy atom. The minimum absolute atomic E-state index is 0.157. The summed E-state index contributed by atoms with van der Waals surface area (Å²) < 4.78 is 2.10. The van der Waals surface area contributed by atoms with E-state index in [1.807, 2.05) is 0 Å². The van der Waals surface area contributed by atoms with Crippen LogP contribution in [0.25, 0.3) is 0 Å². The third kappa shape index (κ3) is 2.78. The van der Waals surface area contributed by atoms with Crippen LogP contribution in [0.4, 0.5) is 0 Å².